The van der Waals surface area contributed by atoms with Crippen LogP contribution in [0.25, 0.3) is 11.3 Å². The Labute approximate surface area is 174 Å². The first-order chi connectivity index (χ1) is 14.2. The van der Waals surface area contributed by atoms with Gasteiger partial charge in [-0.1, -0.05) is 6.07 Å². The minimum Gasteiger partial charge on any atom is -0.322 e. The van der Waals surface area contributed by atoms with Crippen molar-refractivity contribution in [2.24, 2.45) is 0 Å². The maximum Gasteiger partial charge on any atom is 0.259 e. The van der Waals surface area contributed by atoms with Gasteiger partial charge in [0.05, 0.1) is 23.0 Å². The Morgan fingerprint density at radius 1 is 1.10 bits per heavy atom. The Balaban J connectivity index is 1.71. The molecule has 1 heterocycles. The highest BCUT2D eigenvalue weighted by atomic mass is 19.1. The fourth-order valence-corrected chi connectivity index (χ4v) is 3.81. The molecule has 0 spiro atoms. The van der Waals surface area contributed by atoms with Gasteiger partial charge in [0.1, 0.15) is 5.82 Å². The Bertz CT molecular complexity index is 1120. The molecular weight excluding hydrogens is 381 g/mol. The van der Waals surface area contributed by atoms with Crippen LogP contribution in [0.2, 0.25) is 0 Å². The molecule has 6 heteroatoms. The fraction of sp³-hybridized carbons (Fsp3) is 0.292. The van der Waals surface area contributed by atoms with Gasteiger partial charge in [-0.2, -0.15) is 5.10 Å². The van der Waals surface area contributed by atoms with Gasteiger partial charge >= 0.3 is 0 Å². The number of aromatic nitrogens is 2. The summed E-state index contributed by atoms with van der Waals surface area (Å²) in [6.07, 6.45) is 3.81. The van der Waals surface area contributed by atoms with E-state index in [0.717, 1.165) is 18.4 Å². The van der Waals surface area contributed by atoms with Crippen molar-refractivity contribution in [3.8, 4) is 11.3 Å². The summed E-state index contributed by atoms with van der Waals surface area (Å²) >= 11 is 0. The van der Waals surface area contributed by atoms with Gasteiger partial charge < -0.3 is 5.32 Å². The quantitative estimate of drug-likeness (QED) is 0.650. The normalized spacial score (nSPS) is 13.8. The number of ketones is 1. The molecule has 0 saturated carbocycles. The number of anilines is 1. The molecule has 1 amide bonds. The molecule has 0 aliphatic heterocycles. The van der Waals surface area contributed by atoms with E-state index in [1.54, 1.807) is 22.9 Å². The minimum absolute atomic E-state index is 0.111. The number of nitrogens with zero attached hydrogens (tertiary/aromatic N) is 2. The lowest BCUT2D eigenvalue weighted by molar-refractivity contribution is 0.0970. The van der Waals surface area contributed by atoms with E-state index in [4.69, 9.17) is 0 Å². The zero-order valence-electron chi connectivity index (χ0n) is 17.3. The molecule has 1 N–H and O–H groups in total. The highest BCUT2D eigenvalue weighted by molar-refractivity contribution is 6.09. The number of Topliss-reactive ketones (excluding diaryl/α,β-unsaturated/α-hetero) is 1. The topological polar surface area (TPSA) is 64.0 Å². The third kappa shape index (κ3) is 3.77. The maximum absolute atomic E-state index is 13.4. The molecule has 0 radical (unpaired) electrons. The summed E-state index contributed by atoms with van der Waals surface area (Å²) in [5.74, 6) is -0.557. The summed E-state index contributed by atoms with van der Waals surface area (Å²) in [4.78, 5) is 25.4. The third-order valence-corrected chi connectivity index (χ3v) is 5.29. The van der Waals surface area contributed by atoms with Gasteiger partial charge in [-0.25, -0.2) is 4.39 Å². The highest BCUT2D eigenvalue weighted by Gasteiger charge is 2.26. The third-order valence-electron chi connectivity index (χ3n) is 5.29. The Morgan fingerprint density at radius 2 is 1.83 bits per heavy atom. The summed E-state index contributed by atoms with van der Waals surface area (Å²) in [7, 11) is 0. The van der Waals surface area contributed by atoms with Crippen LogP contribution < -0.4 is 5.32 Å². The number of nitrogens with one attached hydrogen (secondary N) is 1. The molecule has 154 valence electrons. The van der Waals surface area contributed by atoms with Crippen LogP contribution in [-0.2, 0) is 12.0 Å². The summed E-state index contributed by atoms with van der Waals surface area (Å²) < 4.78 is 15.2. The van der Waals surface area contributed by atoms with Gasteiger partial charge in [0.15, 0.2) is 5.78 Å². The molecule has 0 fully saturated rings. The number of benzene rings is 2. The first-order valence-electron chi connectivity index (χ1n) is 10.1. The van der Waals surface area contributed by atoms with E-state index in [-0.39, 0.29) is 23.0 Å². The van der Waals surface area contributed by atoms with Crippen molar-refractivity contribution in [2.75, 3.05) is 5.32 Å². The van der Waals surface area contributed by atoms with Crippen LogP contribution in [0.5, 0.6) is 0 Å². The number of halogens is 1. The second-order valence-electron chi connectivity index (χ2n) is 8.60. The monoisotopic (exact) mass is 405 g/mol. The van der Waals surface area contributed by atoms with Crippen molar-refractivity contribution >= 4 is 17.4 Å². The molecule has 3 aromatic rings. The number of amides is 1. The molecule has 0 atom stereocenters. The van der Waals surface area contributed by atoms with Gasteiger partial charge in [0.25, 0.3) is 5.91 Å². The average molecular weight is 405 g/mol. The zero-order chi connectivity index (χ0) is 21.5. The smallest absolute Gasteiger partial charge is 0.259 e. The number of hydrogen-bond acceptors (Lipinski definition) is 3. The summed E-state index contributed by atoms with van der Waals surface area (Å²) in [5, 5.41) is 7.34. The van der Waals surface area contributed by atoms with E-state index in [0.29, 0.717) is 34.5 Å². The number of rotatable bonds is 3. The second kappa shape index (κ2) is 7.52. The lowest BCUT2D eigenvalue weighted by atomic mass is 9.90. The van der Waals surface area contributed by atoms with E-state index in [9.17, 15) is 14.0 Å². The van der Waals surface area contributed by atoms with Crippen LogP contribution in [0.15, 0.2) is 48.7 Å². The van der Waals surface area contributed by atoms with E-state index in [1.807, 2.05) is 32.9 Å². The van der Waals surface area contributed by atoms with Gasteiger partial charge in [0, 0.05) is 23.2 Å². The number of carbonyl (C=O) groups excluding carboxylic acids is 2. The van der Waals surface area contributed by atoms with Crippen molar-refractivity contribution in [1.29, 1.82) is 0 Å². The molecule has 0 saturated heterocycles. The van der Waals surface area contributed by atoms with Crippen molar-refractivity contribution in [1.82, 2.24) is 9.78 Å². The fourth-order valence-electron chi connectivity index (χ4n) is 3.81. The Morgan fingerprint density at radius 3 is 2.53 bits per heavy atom. The van der Waals surface area contributed by atoms with E-state index in [1.165, 1.54) is 18.3 Å². The zero-order valence-corrected chi connectivity index (χ0v) is 17.3. The van der Waals surface area contributed by atoms with E-state index >= 15 is 0 Å². The van der Waals surface area contributed by atoms with Crippen LogP contribution in [-0.4, -0.2) is 21.5 Å². The van der Waals surface area contributed by atoms with Crippen LogP contribution in [0, 0.1) is 5.82 Å². The van der Waals surface area contributed by atoms with Crippen LogP contribution in [0.4, 0.5) is 10.1 Å². The van der Waals surface area contributed by atoms with Gasteiger partial charge in [-0.15, -0.1) is 0 Å². The summed E-state index contributed by atoms with van der Waals surface area (Å²) in [6, 6.07) is 11.5. The highest BCUT2D eigenvalue weighted by Crippen LogP contribution is 2.30. The van der Waals surface area contributed by atoms with Crippen LogP contribution in [0.1, 0.15) is 59.9 Å². The predicted octanol–water partition coefficient (Wildman–Crippen LogP) is 5.22. The molecule has 1 aliphatic carbocycles. The predicted molar refractivity (Wildman–Crippen MR) is 114 cm³/mol. The lowest BCUT2D eigenvalue weighted by Gasteiger charge is -2.23. The molecular formula is C24H24FN3O2. The van der Waals surface area contributed by atoms with Gasteiger partial charge in [0.2, 0.25) is 0 Å². The van der Waals surface area contributed by atoms with Crippen molar-refractivity contribution in [3.05, 3.63) is 71.2 Å². The molecule has 1 aliphatic rings. The van der Waals surface area contributed by atoms with Crippen molar-refractivity contribution in [3.63, 3.8) is 0 Å². The molecule has 5 nitrogen and oxygen atoms in total. The number of carbonyl (C=O) groups is 2. The Hall–Kier alpha value is -3.28. The molecule has 0 bridgehead atoms. The lowest BCUT2D eigenvalue weighted by Crippen LogP contribution is -2.24. The standard InChI is InChI=1S/C24H24FN3O2/c1-24(2,3)28-22(16-7-10-17(25)11-8-16)20(14-26-28)23(30)27-18-12-9-15-5-4-6-21(29)19(15)13-18/h7-14H,4-6H2,1-3H3,(H,27,30). The van der Waals surface area contributed by atoms with Crippen LogP contribution >= 0.6 is 0 Å². The molecule has 1 aromatic heterocycles. The minimum atomic E-state index is -0.375. The molecule has 4 rings (SSSR count). The van der Waals surface area contributed by atoms with Gasteiger partial charge in [-0.05, 0) is 75.6 Å². The molecule has 30 heavy (non-hydrogen) atoms. The van der Waals surface area contributed by atoms with Crippen LogP contribution in [0.3, 0.4) is 0 Å². The first kappa shape index (κ1) is 20.0. The SMILES string of the molecule is CC(C)(C)n1ncc(C(=O)Nc2ccc3c(c2)C(=O)CCC3)c1-c1ccc(F)cc1. The maximum atomic E-state index is 13.4. The largest absolute Gasteiger partial charge is 0.322 e. The number of hydrogen-bond donors (Lipinski definition) is 1. The molecule has 2 aromatic carbocycles. The first-order valence-corrected chi connectivity index (χ1v) is 10.1. The van der Waals surface area contributed by atoms with E-state index in [2.05, 4.69) is 10.4 Å². The molecule has 0 unspecified atom stereocenters. The summed E-state index contributed by atoms with van der Waals surface area (Å²) in [6.45, 7) is 5.97. The van der Waals surface area contributed by atoms with Gasteiger partial charge in [-0.3, -0.25) is 14.3 Å². The summed E-state index contributed by atoms with van der Waals surface area (Å²) in [5.41, 5.74) is 3.62. The van der Waals surface area contributed by atoms with Crippen molar-refractivity contribution in [2.45, 2.75) is 45.6 Å². The second-order valence-corrected chi connectivity index (χ2v) is 8.60. The van der Waals surface area contributed by atoms with E-state index < -0.39 is 0 Å². The number of fused-ring (bicyclic) bond motifs is 1. The number of aryl methyl sites for hydroxylation is 1. The van der Waals surface area contributed by atoms with Crippen molar-refractivity contribution < 1.29 is 14.0 Å². The Kier molecular flexibility index (Phi) is 5.02. The average Bonchev–Trinajstić information content (AvgIpc) is 3.15.